The monoisotopic (exact) mass is 271 g/mol. The van der Waals surface area contributed by atoms with Crippen molar-refractivity contribution in [2.24, 2.45) is 0 Å². The Labute approximate surface area is 119 Å². The predicted molar refractivity (Wildman–Crippen MR) is 79.7 cm³/mol. The summed E-state index contributed by atoms with van der Waals surface area (Å²) in [6.45, 7) is 5.93. The van der Waals surface area contributed by atoms with Crippen LogP contribution in [-0.4, -0.2) is 26.3 Å². The van der Waals surface area contributed by atoms with Crippen LogP contribution in [-0.2, 0) is 19.4 Å². The van der Waals surface area contributed by atoms with E-state index in [9.17, 15) is 0 Å². The van der Waals surface area contributed by atoms with Gasteiger partial charge in [-0.1, -0.05) is 0 Å². The van der Waals surface area contributed by atoms with Crippen LogP contribution >= 0.6 is 0 Å². The Morgan fingerprint density at radius 2 is 2.05 bits per heavy atom. The Balaban J connectivity index is 2.04. The lowest BCUT2D eigenvalue weighted by Crippen LogP contribution is -2.13. The Hall–Kier alpha value is -1.91. The first-order chi connectivity index (χ1) is 9.81. The zero-order chi connectivity index (χ0) is 13.9. The van der Waals surface area contributed by atoms with E-state index in [1.54, 1.807) is 0 Å². The molecular formula is C15H21N5. The van der Waals surface area contributed by atoms with Crippen molar-refractivity contribution in [1.82, 2.24) is 19.7 Å². The molecule has 0 atom stereocenters. The molecule has 5 nitrogen and oxygen atoms in total. The fourth-order valence-corrected chi connectivity index (χ4v) is 2.69. The van der Waals surface area contributed by atoms with Gasteiger partial charge in [-0.15, -0.1) is 0 Å². The first-order valence-electron chi connectivity index (χ1n) is 7.48. The van der Waals surface area contributed by atoms with Gasteiger partial charge in [0.05, 0.1) is 11.8 Å². The molecule has 0 aliphatic heterocycles. The van der Waals surface area contributed by atoms with Crippen LogP contribution in [0.25, 0.3) is 11.4 Å². The van der Waals surface area contributed by atoms with E-state index in [0.29, 0.717) is 0 Å². The van der Waals surface area contributed by atoms with Crippen LogP contribution in [0.1, 0.15) is 37.9 Å². The molecule has 20 heavy (non-hydrogen) atoms. The zero-order valence-electron chi connectivity index (χ0n) is 12.2. The quantitative estimate of drug-likeness (QED) is 0.929. The summed E-state index contributed by atoms with van der Waals surface area (Å²) in [7, 11) is 0. The minimum atomic E-state index is 0.793. The Kier molecular flexibility index (Phi) is 3.67. The van der Waals surface area contributed by atoms with Gasteiger partial charge >= 0.3 is 0 Å². The summed E-state index contributed by atoms with van der Waals surface area (Å²) in [6, 6.07) is 0. The molecule has 5 heteroatoms. The van der Waals surface area contributed by atoms with Crippen molar-refractivity contribution >= 4 is 5.82 Å². The van der Waals surface area contributed by atoms with E-state index in [4.69, 9.17) is 9.97 Å². The average molecular weight is 271 g/mol. The summed E-state index contributed by atoms with van der Waals surface area (Å²) in [6.07, 6.45) is 8.48. The summed E-state index contributed by atoms with van der Waals surface area (Å²) >= 11 is 0. The van der Waals surface area contributed by atoms with Gasteiger partial charge in [-0.3, -0.25) is 4.68 Å². The van der Waals surface area contributed by atoms with Crippen molar-refractivity contribution in [2.75, 3.05) is 11.9 Å². The second-order valence-electron chi connectivity index (χ2n) is 5.14. The van der Waals surface area contributed by atoms with Crippen LogP contribution in [0.2, 0.25) is 0 Å². The molecule has 0 amide bonds. The summed E-state index contributed by atoms with van der Waals surface area (Å²) in [5.74, 6) is 1.80. The highest BCUT2D eigenvalue weighted by atomic mass is 15.3. The molecule has 0 spiro atoms. The number of hydrogen-bond acceptors (Lipinski definition) is 4. The largest absolute Gasteiger partial charge is 0.370 e. The maximum atomic E-state index is 4.77. The third-order valence-electron chi connectivity index (χ3n) is 3.74. The Bertz CT molecular complexity index is 602. The van der Waals surface area contributed by atoms with Crippen LogP contribution in [0.3, 0.4) is 0 Å². The topological polar surface area (TPSA) is 55.6 Å². The lowest BCUT2D eigenvalue weighted by Gasteiger charge is -2.19. The number of nitrogens with zero attached hydrogens (tertiary/aromatic N) is 4. The van der Waals surface area contributed by atoms with Crippen molar-refractivity contribution in [3.05, 3.63) is 23.7 Å². The van der Waals surface area contributed by atoms with Gasteiger partial charge in [0.15, 0.2) is 5.82 Å². The molecule has 1 aliphatic rings. The van der Waals surface area contributed by atoms with Crippen molar-refractivity contribution < 1.29 is 0 Å². The second kappa shape index (κ2) is 5.61. The molecule has 0 aromatic carbocycles. The standard InChI is InChI=1S/C15H21N5/c1-3-16-15-12-7-5-6-8-13(12)18-14(19-15)11-9-17-20(4-2)10-11/h9-10H,3-8H2,1-2H3,(H,16,18,19). The molecule has 1 N–H and O–H groups in total. The van der Waals surface area contributed by atoms with Gasteiger partial charge < -0.3 is 5.32 Å². The first-order valence-corrected chi connectivity index (χ1v) is 7.48. The van der Waals surface area contributed by atoms with Gasteiger partial charge in [-0.25, -0.2) is 9.97 Å². The van der Waals surface area contributed by atoms with E-state index >= 15 is 0 Å². The third kappa shape index (κ3) is 2.40. The molecule has 2 aromatic rings. The van der Waals surface area contributed by atoms with Crippen LogP contribution in [0.5, 0.6) is 0 Å². The summed E-state index contributed by atoms with van der Waals surface area (Å²) in [4.78, 5) is 9.49. The highest BCUT2D eigenvalue weighted by Gasteiger charge is 2.18. The highest BCUT2D eigenvalue weighted by Crippen LogP contribution is 2.28. The Morgan fingerprint density at radius 1 is 1.20 bits per heavy atom. The highest BCUT2D eigenvalue weighted by molar-refractivity contribution is 5.59. The lowest BCUT2D eigenvalue weighted by molar-refractivity contribution is 0.659. The molecular weight excluding hydrogens is 250 g/mol. The SMILES string of the molecule is CCNc1nc(-c2cnn(CC)c2)nc2c1CCCC2. The van der Waals surface area contributed by atoms with Crippen LogP contribution in [0.4, 0.5) is 5.82 Å². The van der Waals surface area contributed by atoms with Crippen molar-refractivity contribution in [2.45, 2.75) is 46.1 Å². The van der Waals surface area contributed by atoms with E-state index in [1.165, 1.54) is 24.1 Å². The maximum absolute atomic E-state index is 4.77. The smallest absolute Gasteiger partial charge is 0.164 e. The maximum Gasteiger partial charge on any atom is 0.164 e. The molecule has 0 unspecified atom stereocenters. The lowest BCUT2D eigenvalue weighted by atomic mass is 9.96. The predicted octanol–water partition coefficient (Wildman–Crippen LogP) is 2.67. The van der Waals surface area contributed by atoms with E-state index in [2.05, 4.69) is 24.3 Å². The molecule has 0 saturated carbocycles. The number of nitrogens with one attached hydrogen (secondary N) is 1. The van der Waals surface area contributed by atoms with Crippen molar-refractivity contribution in [3.8, 4) is 11.4 Å². The number of fused-ring (bicyclic) bond motifs is 1. The van der Waals surface area contributed by atoms with Gasteiger partial charge in [-0.05, 0) is 39.5 Å². The van der Waals surface area contributed by atoms with E-state index < -0.39 is 0 Å². The van der Waals surface area contributed by atoms with Gasteiger partial charge in [-0.2, -0.15) is 5.10 Å². The molecule has 2 aromatic heterocycles. The number of aryl methyl sites for hydroxylation is 2. The molecule has 0 radical (unpaired) electrons. The average Bonchev–Trinajstić information content (AvgIpc) is 2.96. The normalized spacial score (nSPS) is 14.1. The fourth-order valence-electron chi connectivity index (χ4n) is 2.69. The number of rotatable bonds is 4. The molecule has 106 valence electrons. The number of aromatic nitrogens is 4. The first kappa shape index (κ1) is 13.1. The van der Waals surface area contributed by atoms with Gasteiger partial charge in [0.2, 0.25) is 0 Å². The van der Waals surface area contributed by atoms with E-state index in [1.807, 2.05) is 17.1 Å². The van der Waals surface area contributed by atoms with Gasteiger partial charge in [0.1, 0.15) is 5.82 Å². The summed E-state index contributed by atoms with van der Waals surface area (Å²) in [5, 5.41) is 7.70. The number of anilines is 1. The van der Waals surface area contributed by atoms with Crippen LogP contribution < -0.4 is 5.32 Å². The summed E-state index contributed by atoms with van der Waals surface area (Å²) < 4.78 is 1.91. The van der Waals surface area contributed by atoms with Crippen molar-refractivity contribution in [1.29, 1.82) is 0 Å². The molecule has 3 rings (SSSR count). The molecule has 0 saturated heterocycles. The Morgan fingerprint density at radius 3 is 2.80 bits per heavy atom. The van der Waals surface area contributed by atoms with E-state index in [0.717, 1.165) is 43.1 Å². The van der Waals surface area contributed by atoms with Gasteiger partial charge in [0.25, 0.3) is 0 Å². The fraction of sp³-hybridized carbons (Fsp3) is 0.533. The minimum absolute atomic E-state index is 0.793. The molecule has 2 heterocycles. The second-order valence-corrected chi connectivity index (χ2v) is 5.14. The zero-order valence-corrected chi connectivity index (χ0v) is 12.2. The van der Waals surface area contributed by atoms with Gasteiger partial charge in [0, 0.05) is 30.5 Å². The summed E-state index contributed by atoms with van der Waals surface area (Å²) in [5.41, 5.74) is 3.52. The van der Waals surface area contributed by atoms with E-state index in [-0.39, 0.29) is 0 Å². The number of hydrogen-bond donors (Lipinski definition) is 1. The molecule has 1 aliphatic carbocycles. The third-order valence-corrected chi connectivity index (χ3v) is 3.74. The molecule has 0 fully saturated rings. The van der Waals surface area contributed by atoms with Crippen LogP contribution in [0.15, 0.2) is 12.4 Å². The van der Waals surface area contributed by atoms with Crippen LogP contribution in [0, 0.1) is 0 Å². The minimum Gasteiger partial charge on any atom is -0.370 e. The molecule has 0 bridgehead atoms. The van der Waals surface area contributed by atoms with Crippen molar-refractivity contribution in [3.63, 3.8) is 0 Å².